The Hall–Kier alpha value is -2.63. The van der Waals surface area contributed by atoms with E-state index in [0.717, 1.165) is 0 Å². The number of carboxylic acid groups (broad SMARTS) is 1. The van der Waals surface area contributed by atoms with Crippen molar-refractivity contribution < 1.29 is 23.8 Å². The first-order valence-corrected chi connectivity index (χ1v) is 4.99. The molecule has 0 aromatic carbocycles. The Balaban J connectivity index is 2.38. The zero-order chi connectivity index (χ0) is 13.1. The van der Waals surface area contributed by atoms with Crippen molar-refractivity contribution in [1.29, 1.82) is 0 Å². The number of pyridine rings is 1. The van der Waals surface area contributed by atoms with E-state index in [1.807, 2.05) is 0 Å². The third-order valence-electron chi connectivity index (χ3n) is 2.29. The standard InChI is InChI=1S/C12H9NO5/c1-17-10-6-13-5-4-7(10)11(14)8-2-3-9(18-8)12(15)16/h2-6H,1H3,(H,15,16). The quantitative estimate of drug-likeness (QED) is 0.825. The van der Waals surface area contributed by atoms with E-state index in [2.05, 4.69) is 4.98 Å². The number of carbonyl (C=O) groups excluding carboxylic acids is 1. The molecule has 1 N–H and O–H groups in total. The number of furan rings is 1. The highest BCUT2D eigenvalue weighted by molar-refractivity contribution is 6.09. The number of hydrogen-bond acceptors (Lipinski definition) is 5. The summed E-state index contributed by atoms with van der Waals surface area (Å²) in [6.45, 7) is 0. The van der Waals surface area contributed by atoms with Crippen LogP contribution in [0.15, 0.2) is 35.0 Å². The molecule has 2 aromatic rings. The second-order valence-corrected chi connectivity index (χ2v) is 3.37. The van der Waals surface area contributed by atoms with Gasteiger partial charge in [-0.25, -0.2) is 4.79 Å². The van der Waals surface area contributed by atoms with Crippen molar-refractivity contribution in [1.82, 2.24) is 4.98 Å². The summed E-state index contributed by atoms with van der Waals surface area (Å²) in [6, 6.07) is 4.01. The second-order valence-electron chi connectivity index (χ2n) is 3.37. The Bertz CT molecular complexity index is 602. The SMILES string of the molecule is COc1cnccc1C(=O)c1ccc(C(=O)O)o1. The Morgan fingerprint density at radius 3 is 2.61 bits per heavy atom. The van der Waals surface area contributed by atoms with Gasteiger partial charge in [-0.2, -0.15) is 0 Å². The van der Waals surface area contributed by atoms with Gasteiger partial charge in [0.15, 0.2) is 5.76 Å². The molecule has 0 saturated heterocycles. The van der Waals surface area contributed by atoms with Crippen LogP contribution in [0.1, 0.15) is 26.7 Å². The highest BCUT2D eigenvalue weighted by Gasteiger charge is 2.19. The van der Waals surface area contributed by atoms with E-state index >= 15 is 0 Å². The van der Waals surface area contributed by atoms with E-state index in [1.165, 1.54) is 37.7 Å². The van der Waals surface area contributed by atoms with Crippen LogP contribution < -0.4 is 4.74 Å². The van der Waals surface area contributed by atoms with Crippen molar-refractivity contribution in [3.63, 3.8) is 0 Å². The van der Waals surface area contributed by atoms with Crippen molar-refractivity contribution in [3.05, 3.63) is 47.7 Å². The predicted molar refractivity (Wildman–Crippen MR) is 59.9 cm³/mol. The van der Waals surface area contributed by atoms with Gasteiger partial charge in [-0.3, -0.25) is 9.78 Å². The Labute approximate surface area is 102 Å². The molecule has 92 valence electrons. The minimum atomic E-state index is -1.23. The molecule has 0 aliphatic carbocycles. The van der Waals surface area contributed by atoms with Crippen LogP contribution in [0, 0.1) is 0 Å². The first-order chi connectivity index (χ1) is 8.63. The van der Waals surface area contributed by atoms with Gasteiger partial charge in [-0.15, -0.1) is 0 Å². The van der Waals surface area contributed by atoms with Gasteiger partial charge >= 0.3 is 5.97 Å². The van der Waals surface area contributed by atoms with Crippen molar-refractivity contribution in [2.75, 3.05) is 7.11 Å². The minimum Gasteiger partial charge on any atom is -0.494 e. The number of carboxylic acids is 1. The molecule has 0 aliphatic heterocycles. The van der Waals surface area contributed by atoms with Crippen molar-refractivity contribution >= 4 is 11.8 Å². The van der Waals surface area contributed by atoms with Crippen molar-refractivity contribution in [2.24, 2.45) is 0 Å². The largest absolute Gasteiger partial charge is 0.494 e. The van der Waals surface area contributed by atoms with Crippen LogP contribution in [-0.2, 0) is 0 Å². The average Bonchev–Trinajstić information content (AvgIpc) is 2.87. The molecule has 0 bridgehead atoms. The van der Waals surface area contributed by atoms with E-state index in [4.69, 9.17) is 14.3 Å². The molecule has 0 saturated carbocycles. The molecule has 0 atom stereocenters. The lowest BCUT2D eigenvalue weighted by Gasteiger charge is -2.04. The lowest BCUT2D eigenvalue weighted by molar-refractivity contribution is 0.0660. The number of nitrogens with zero attached hydrogens (tertiary/aromatic N) is 1. The van der Waals surface area contributed by atoms with Crippen molar-refractivity contribution in [2.45, 2.75) is 0 Å². The topological polar surface area (TPSA) is 89.6 Å². The lowest BCUT2D eigenvalue weighted by Crippen LogP contribution is -2.03. The summed E-state index contributed by atoms with van der Waals surface area (Å²) >= 11 is 0. The van der Waals surface area contributed by atoms with Gasteiger partial charge in [-0.05, 0) is 18.2 Å². The normalized spacial score (nSPS) is 10.1. The van der Waals surface area contributed by atoms with Crippen LogP contribution >= 0.6 is 0 Å². The summed E-state index contributed by atoms with van der Waals surface area (Å²) in [4.78, 5) is 26.5. The average molecular weight is 247 g/mol. The molecule has 6 nitrogen and oxygen atoms in total. The molecule has 0 unspecified atom stereocenters. The van der Waals surface area contributed by atoms with Gasteiger partial charge < -0.3 is 14.3 Å². The molecule has 2 aromatic heterocycles. The van der Waals surface area contributed by atoms with E-state index in [-0.39, 0.29) is 17.1 Å². The van der Waals surface area contributed by atoms with E-state index in [1.54, 1.807) is 0 Å². The summed E-state index contributed by atoms with van der Waals surface area (Å²) in [5.41, 5.74) is 0.263. The molecular formula is C12H9NO5. The third kappa shape index (κ3) is 2.08. The van der Waals surface area contributed by atoms with Gasteiger partial charge in [0.05, 0.1) is 18.9 Å². The molecule has 2 rings (SSSR count). The number of ether oxygens (including phenoxy) is 1. The van der Waals surface area contributed by atoms with Crippen LogP contribution in [0.25, 0.3) is 0 Å². The van der Waals surface area contributed by atoms with Crippen LogP contribution in [0.2, 0.25) is 0 Å². The summed E-state index contributed by atoms with van der Waals surface area (Å²) in [5, 5.41) is 8.71. The molecule has 0 aliphatic rings. The van der Waals surface area contributed by atoms with Gasteiger partial charge in [0, 0.05) is 6.20 Å². The lowest BCUT2D eigenvalue weighted by atomic mass is 10.1. The second kappa shape index (κ2) is 4.70. The molecule has 0 spiro atoms. The number of methoxy groups -OCH3 is 1. The summed E-state index contributed by atoms with van der Waals surface area (Å²) in [5.74, 6) is -1.73. The maximum Gasteiger partial charge on any atom is 0.371 e. The zero-order valence-electron chi connectivity index (χ0n) is 9.41. The minimum absolute atomic E-state index is 0.0584. The van der Waals surface area contributed by atoms with Crippen LogP contribution in [0.5, 0.6) is 5.75 Å². The fourth-order valence-corrected chi connectivity index (χ4v) is 1.44. The number of ketones is 1. The Kier molecular flexibility index (Phi) is 3.09. The molecular weight excluding hydrogens is 238 g/mol. The number of carbonyl (C=O) groups is 2. The Morgan fingerprint density at radius 1 is 1.28 bits per heavy atom. The van der Waals surface area contributed by atoms with E-state index in [0.29, 0.717) is 5.75 Å². The van der Waals surface area contributed by atoms with Gasteiger partial charge in [0.1, 0.15) is 5.75 Å². The number of rotatable bonds is 4. The van der Waals surface area contributed by atoms with Gasteiger partial charge in [-0.1, -0.05) is 0 Å². The number of hydrogen-bond donors (Lipinski definition) is 1. The Morgan fingerprint density at radius 2 is 2.00 bits per heavy atom. The van der Waals surface area contributed by atoms with Gasteiger partial charge in [0.25, 0.3) is 0 Å². The highest BCUT2D eigenvalue weighted by Crippen LogP contribution is 2.21. The first-order valence-electron chi connectivity index (χ1n) is 4.99. The maximum absolute atomic E-state index is 12.1. The smallest absolute Gasteiger partial charge is 0.371 e. The summed E-state index contributed by atoms with van der Waals surface area (Å²) < 4.78 is 9.94. The third-order valence-corrected chi connectivity index (χ3v) is 2.29. The fourth-order valence-electron chi connectivity index (χ4n) is 1.44. The van der Waals surface area contributed by atoms with Crippen LogP contribution in [0.4, 0.5) is 0 Å². The molecule has 18 heavy (non-hydrogen) atoms. The molecule has 2 heterocycles. The fraction of sp³-hybridized carbons (Fsp3) is 0.0833. The highest BCUT2D eigenvalue weighted by atomic mass is 16.5. The van der Waals surface area contributed by atoms with Crippen LogP contribution in [0.3, 0.4) is 0 Å². The van der Waals surface area contributed by atoms with Gasteiger partial charge in [0.2, 0.25) is 11.5 Å². The monoisotopic (exact) mass is 247 g/mol. The predicted octanol–water partition coefficient (Wildman–Crippen LogP) is 1.61. The van der Waals surface area contributed by atoms with E-state index < -0.39 is 11.8 Å². The number of aromatic carboxylic acids is 1. The molecule has 0 fully saturated rings. The number of aromatic nitrogens is 1. The summed E-state index contributed by atoms with van der Waals surface area (Å²) in [6.07, 6.45) is 2.84. The zero-order valence-corrected chi connectivity index (χ0v) is 9.41. The summed E-state index contributed by atoms with van der Waals surface area (Å²) in [7, 11) is 1.42. The van der Waals surface area contributed by atoms with E-state index in [9.17, 15) is 9.59 Å². The molecule has 6 heteroatoms. The van der Waals surface area contributed by atoms with Crippen molar-refractivity contribution in [3.8, 4) is 5.75 Å². The van der Waals surface area contributed by atoms with Crippen LogP contribution in [-0.4, -0.2) is 29.0 Å². The molecule has 0 radical (unpaired) electrons. The molecule has 0 amide bonds. The maximum atomic E-state index is 12.1. The first kappa shape index (κ1) is 11.8.